The van der Waals surface area contributed by atoms with Gasteiger partial charge in [-0.25, -0.2) is 4.99 Å². The number of aryl methyl sites for hydroxylation is 2. The van der Waals surface area contributed by atoms with Crippen LogP contribution in [0.15, 0.2) is 21.5 Å². The minimum Gasteiger partial charge on any atom is -0.463 e. The van der Waals surface area contributed by atoms with Gasteiger partial charge in [0.15, 0.2) is 11.8 Å². The Morgan fingerprint density at radius 2 is 2.00 bits per heavy atom. The average Bonchev–Trinajstić information content (AvgIpc) is 3.25. The van der Waals surface area contributed by atoms with Crippen LogP contribution in [0, 0.1) is 13.8 Å². The van der Waals surface area contributed by atoms with Crippen LogP contribution in [0.4, 0.5) is 0 Å². The molecule has 0 radical (unpaired) electrons. The second-order valence-corrected chi connectivity index (χ2v) is 7.90. The van der Waals surface area contributed by atoms with Gasteiger partial charge in [-0.2, -0.15) is 0 Å². The Bertz CT molecular complexity index is 808. The van der Waals surface area contributed by atoms with Crippen molar-refractivity contribution in [1.82, 2.24) is 25.4 Å². The van der Waals surface area contributed by atoms with E-state index in [9.17, 15) is 5.11 Å². The fourth-order valence-electron chi connectivity index (χ4n) is 3.40. The number of aliphatic imine (C=N–C) groups is 1. The van der Waals surface area contributed by atoms with Crippen LogP contribution in [0.5, 0.6) is 0 Å². The molecule has 0 saturated heterocycles. The molecular weight excluding hydrogens is 483 g/mol. The summed E-state index contributed by atoms with van der Waals surface area (Å²) >= 11 is 0. The van der Waals surface area contributed by atoms with Gasteiger partial charge in [-0.15, -0.1) is 34.2 Å². The van der Waals surface area contributed by atoms with Gasteiger partial charge in [0.1, 0.15) is 29.5 Å². The van der Waals surface area contributed by atoms with E-state index in [2.05, 4.69) is 20.8 Å². The molecule has 8 nitrogen and oxygen atoms in total. The lowest BCUT2D eigenvalue weighted by atomic mass is 9.96. The molecule has 1 saturated carbocycles. The van der Waals surface area contributed by atoms with Crippen LogP contribution >= 0.6 is 24.0 Å². The summed E-state index contributed by atoms with van der Waals surface area (Å²) in [6, 6.07) is 4.07. The standard InChI is InChI=1S/C20H32N6O2.HI/c1-14-10-11-17(28-14)20(3,27)13-22-19(23-16-8-6-5-7-9-16)21-12-18-25-24-15(2)26(18)4;/h10-11,16,27H,5-9,12-13H2,1-4H3,(H2,21,22,23);1H. The maximum atomic E-state index is 10.8. The predicted octanol–water partition coefficient (Wildman–Crippen LogP) is 2.92. The van der Waals surface area contributed by atoms with E-state index >= 15 is 0 Å². The maximum absolute atomic E-state index is 10.8. The molecule has 1 unspecified atom stereocenters. The third kappa shape index (κ3) is 6.43. The molecule has 0 bridgehead atoms. The molecule has 29 heavy (non-hydrogen) atoms. The van der Waals surface area contributed by atoms with Crippen molar-refractivity contribution < 1.29 is 9.52 Å². The zero-order valence-corrected chi connectivity index (χ0v) is 20.1. The molecule has 0 aliphatic heterocycles. The van der Waals surface area contributed by atoms with Crippen molar-refractivity contribution in [2.45, 2.75) is 71.1 Å². The maximum Gasteiger partial charge on any atom is 0.192 e. The fourth-order valence-corrected chi connectivity index (χ4v) is 3.40. The molecule has 0 amide bonds. The van der Waals surface area contributed by atoms with E-state index in [-0.39, 0.29) is 30.5 Å². The third-order valence-corrected chi connectivity index (χ3v) is 5.38. The first-order valence-electron chi connectivity index (χ1n) is 10.0. The van der Waals surface area contributed by atoms with Crippen molar-refractivity contribution >= 4 is 29.9 Å². The number of halogens is 1. The summed E-state index contributed by atoms with van der Waals surface area (Å²) in [5.74, 6) is 3.66. The van der Waals surface area contributed by atoms with Crippen LogP contribution in [0.25, 0.3) is 0 Å². The normalized spacial score (nSPS) is 17.5. The zero-order valence-electron chi connectivity index (χ0n) is 17.7. The van der Waals surface area contributed by atoms with Gasteiger partial charge >= 0.3 is 0 Å². The summed E-state index contributed by atoms with van der Waals surface area (Å²) in [5.41, 5.74) is -1.13. The lowest BCUT2D eigenvalue weighted by Gasteiger charge is -2.27. The Kier molecular flexibility index (Phi) is 8.50. The Morgan fingerprint density at radius 3 is 2.59 bits per heavy atom. The number of hydrogen-bond donors (Lipinski definition) is 3. The smallest absolute Gasteiger partial charge is 0.192 e. The van der Waals surface area contributed by atoms with Crippen molar-refractivity contribution in [3.8, 4) is 0 Å². The predicted molar refractivity (Wildman–Crippen MR) is 123 cm³/mol. The van der Waals surface area contributed by atoms with Gasteiger partial charge in [-0.1, -0.05) is 19.3 Å². The molecule has 3 rings (SSSR count). The summed E-state index contributed by atoms with van der Waals surface area (Å²) in [4.78, 5) is 4.69. The number of aliphatic hydroxyl groups is 1. The van der Waals surface area contributed by atoms with E-state index in [1.807, 2.05) is 37.6 Å². The van der Waals surface area contributed by atoms with E-state index < -0.39 is 5.60 Å². The fraction of sp³-hybridized carbons (Fsp3) is 0.650. The molecule has 162 valence electrons. The number of hydrogen-bond acceptors (Lipinski definition) is 5. The van der Waals surface area contributed by atoms with Crippen molar-refractivity contribution in [1.29, 1.82) is 0 Å². The Balaban J connectivity index is 0.00000300. The highest BCUT2D eigenvalue weighted by atomic mass is 127. The van der Waals surface area contributed by atoms with E-state index in [1.54, 1.807) is 6.92 Å². The molecule has 1 fully saturated rings. The minimum atomic E-state index is -1.13. The van der Waals surface area contributed by atoms with Gasteiger partial charge in [0, 0.05) is 13.1 Å². The molecule has 0 spiro atoms. The van der Waals surface area contributed by atoms with Gasteiger partial charge in [-0.3, -0.25) is 0 Å². The van der Waals surface area contributed by atoms with Crippen LogP contribution in [0.2, 0.25) is 0 Å². The average molecular weight is 516 g/mol. The van der Waals surface area contributed by atoms with E-state index in [1.165, 1.54) is 19.3 Å². The topological polar surface area (TPSA) is 101 Å². The van der Waals surface area contributed by atoms with Crippen LogP contribution in [-0.2, 0) is 19.2 Å². The van der Waals surface area contributed by atoms with Crippen molar-refractivity contribution in [3.63, 3.8) is 0 Å². The second kappa shape index (κ2) is 10.4. The Hall–Kier alpha value is -1.62. The molecule has 2 aromatic heterocycles. The molecule has 9 heteroatoms. The first kappa shape index (κ1) is 23.7. The molecule has 3 N–H and O–H groups in total. The van der Waals surface area contributed by atoms with Gasteiger partial charge < -0.3 is 24.7 Å². The van der Waals surface area contributed by atoms with Crippen LogP contribution in [0.3, 0.4) is 0 Å². The van der Waals surface area contributed by atoms with Gasteiger partial charge in [-0.05, 0) is 45.7 Å². The molecule has 0 aromatic carbocycles. The number of rotatable bonds is 6. The Labute approximate surface area is 189 Å². The monoisotopic (exact) mass is 516 g/mol. The molecule has 1 aliphatic rings. The summed E-state index contributed by atoms with van der Waals surface area (Å²) in [5, 5.41) is 25.9. The molecule has 2 heterocycles. The summed E-state index contributed by atoms with van der Waals surface area (Å²) in [7, 11) is 1.94. The molecule has 1 atom stereocenters. The summed E-state index contributed by atoms with van der Waals surface area (Å²) < 4.78 is 7.54. The largest absolute Gasteiger partial charge is 0.463 e. The number of aromatic nitrogens is 3. The van der Waals surface area contributed by atoms with E-state index in [0.29, 0.717) is 24.3 Å². The SMILES string of the molecule is Cc1ccc(C(C)(O)CNC(=NCc2nnc(C)n2C)NC2CCCCC2)o1.I. The van der Waals surface area contributed by atoms with Crippen LogP contribution < -0.4 is 10.6 Å². The third-order valence-electron chi connectivity index (χ3n) is 5.38. The first-order valence-corrected chi connectivity index (χ1v) is 10.0. The van der Waals surface area contributed by atoms with Crippen molar-refractivity contribution in [2.75, 3.05) is 6.54 Å². The zero-order chi connectivity index (χ0) is 20.1. The second-order valence-electron chi connectivity index (χ2n) is 7.90. The lowest BCUT2D eigenvalue weighted by molar-refractivity contribution is 0.0377. The number of nitrogens with zero attached hydrogens (tertiary/aromatic N) is 4. The first-order chi connectivity index (χ1) is 13.3. The van der Waals surface area contributed by atoms with Crippen molar-refractivity contribution in [2.24, 2.45) is 12.0 Å². The van der Waals surface area contributed by atoms with E-state index in [0.717, 1.165) is 30.3 Å². The quantitative estimate of drug-likeness (QED) is 0.310. The molecule has 1 aliphatic carbocycles. The molecule has 2 aromatic rings. The van der Waals surface area contributed by atoms with E-state index in [4.69, 9.17) is 9.41 Å². The van der Waals surface area contributed by atoms with Crippen molar-refractivity contribution in [3.05, 3.63) is 35.3 Å². The van der Waals surface area contributed by atoms with Gasteiger partial charge in [0.2, 0.25) is 0 Å². The number of guanidine groups is 1. The highest BCUT2D eigenvalue weighted by Crippen LogP contribution is 2.22. The number of nitrogens with one attached hydrogen (secondary N) is 2. The highest BCUT2D eigenvalue weighted by Gasteiger charge is 2.27. The van der Waals surface area contributed by atoms with Crippen LogP contribution in [-0.4, -0.2) is 38.4 Å². The highest BCUT2D eigenvalue weighted by molar-refractivity contribution is 14.0. The van der Waals surface area contributed by atoms with Gasteiger partial charge in [0.05, 0.1) is 6.54 Å². The minimum absolute atomic E-state index is 0. The summed E-state index contributed by atoms with van der Waals surface area (Å²) in [6.07, 6.45) is 6.03. The van der Waals surface area contributed by atoms with Crippen LogP contribution in [0.1, 0.15) is 62.2 Å². The van der Waals surface area contributed by atoms with Gasteiger partial charge in [0.25, 0.3) is 0 Å². The lowest BCUT2D eigenvalue weighted by Crippen LogP contribution is -2.48. The number of furan rings is 1. The Morgan fingerprint density at radius 1 is 1.28 bits per heavy atom. The summed E-state index contributed by atoms with van der Waals surface area (Å²) in [6.45, 7) is 6.23. The molecular formula is C20H33IN6O2.